The van der Waals surface area contributed by atoms with Crippen LogP contribution >= 0.6 is 0 Å². The third kappa shape index (κ3) is 4.81. The normalized spacial score (nSPS) is 16.8. The summed E-state index contributed by atoms with van der Waals surface area (Å²) in [5.74, 6) is -0.0611. The molecule has 1 saturated heterocycles. The van der Waals surface area contributed by atoms with E-state index < -0.39 is 18.1 Å². The molecule has 182 valence electrons. The minimum absolute atomic E-state index is 0.0248. The lowest BCUT2D eigenvalue weighted by atomic mass is 9.71. The smallest absolute Gasteiger partial charge is 0.387 e. The molecule has 1 fully saturated rings. The van der Waals surface area contributed by atoms with Crippen molar-refractivity contribution in [3.8, 4) is 17.0 Å². The molecule has 7 nitrogen and oxygen atoms in total. The molecule has 0 saturated carbocycles. The molecule has 4 rings (SSSR count). The molecule has 2 aromatic heterocycles. The van der Waals surface area contributed by atoms with Gasteiger partial charge in [0.1, 0.15) is 17.0 Å². The lowest BCUT2D eigenvalue weighted by Gasteiger charge is -2.39. The van der Waals surface area contributed by atoms with Crippen molar-refractivity contribution in [3.05, 3.63) is 42.1 Å². The highest BCUT2D eigenvalue weighted by Crippen LogP contribution is 2.39. The van der Waals surface area contributed by atoms with Gasteiger partial charge in [0.2, 0.25) is 0 Å². The number of aliphatic hydroxyl groups excluding tert-OH is 1. The van der Waals surface area contributed by atoms with Crippen LogP contribution in [-0.4, -0.2) is 51.6 Å². The van der Waals surface area contributed by atoms with E-state index in [0.29, 0.717) is 53.9 Å². The maximum absolute atomic E-state index is 13.3. The van der Waals surface area contributed by atoms with Crippen molar-refractivity contribution in [3.63, 3.8) is 0 Å². The molecule has 0 amide bonds. The molecule has 9 heteroatoms. The Morgan fingerprint density at radius 2 is 1.97 bits per heavy atom. The fourth-order valence-electron chi connectivity index (χ4n) is 4.52. The molecule has 1 atom stereocenters. The lowest BCUT2D eigenvalue weighted by Crippen LogP contribution is -2.40. The van der Waals surface area contributed by atoms with E-state index in [9.17, 15) is 18.7 Å². The minimum atomic E-state index is -2.92. The van der Waals surface area contributed by atoms with Gasteiger partial charge in [-0.1, -0.05) is 12.1 Å². The van der Waals surface area contributed by atoms with E-state index in [2.05, 4.69) is 14.8 Å². The van der Waals surface area contributed by atoms with E-state index >= 15 is 0 Å². The number of halogens is 2. The number of ether oxygens (including phenoxy) is 2. The largest absolute Gasteiger partial charge is 0.435 e. The third-order valence-corrected chi connectivity index (χ3v) is 6.58. The van der Waals surface area contributed by atoms with Gasteiger partial charge in [-0.3, -0.25) is 14.5 Å². The Kier molecular flexibility index (Phi) is 6.95. The number of hydrogen-bond donors (Lipinski definition) is 1. The summed E-state index contributed by atoms with van der Waals surface area (Å²) in [5, 5.41) is 15.1. The molecule has 0 spiro atoms. The number of aromatic nitrogens is 3. The topological polar surface area (TPSA) is 86.5 Å². The van der Waals surface area contributed by atoms with Gasteiger partial charge in [-0.25, -0.2) is 0 Å². The van der Waals surface area contributed by atoms with Crippen molar-refractivity contribution in [1.82, 2.24) is 14.8 Å². The molecular formula is C25H29F2N3O4. The molecule has 0 bridgehead atoms. The maximum Gasteiger partial charge on any atom is 0.387 e. The van der Waals surface area contributed by atoms with Crippen LogP contribution in [0.5, 0.6) is 5.75 Å². The second kappa shape index (κ2) is 9.76. The zero-order valence-corrected chi connectivity index (χ0v) is 19.5. The molecule has 1 aliphatic heterocycles. The minimum Gasteiger partial charge on any atom is -0.435 e. The van der Waals surface area contributed by atoms with Crippen LogP contribution in [0, 0.1) is 5.41 Å². The quantitative estimate of drug-likeness (QED) is 0.462. The highest BCUT2D eigenvalue weighted by Gasteiger charge is 2.39. The number of hydrogen-bond acceptors (Lipinski definition) is 6. The number of pyridine rings is 1. The number of benzene rings is 1. The number of aliphatic hydroxyl groups is 1. The van der Waals surface area contributed by atoms with Gasteiger partial charge in [-0.05, 0) is 51.8 Å². The number of nitrogens with zero attached hydrogens (tertiary/aromatic N) is 3. The van der Waals surface area contributed by atoms with Gasteiger partial charge in [0.15, 0.2) is 5.78 Å². The Balaban J connectivity index is 1.71. The van der Waals surface area contributed by atoms with Gasteiger partial charge in [0.25, 0.3) is 0 Å². The predicted octanol–water partition coefficient (Wildman–Crippen LogP) is 5.03. The summed E-state index contributed by atoms with van der Waals surface area (Å²) >= 11 is 0. The van der Waals surface area contributed by atoms with Crippen LogP contribution in [0.2, 0.25) is 0 Å². The standard InChI is InChI=1S/C25H29F2N3O4/c1-15(2)30-20-12-18(21(32)13-25(16(3)31)7-9-33-10-8-25)14-28-23(20)22(29-30)17-5-4-6-19(11-17)34-24(26)27/h4-6,11-12,14-16,24,31H,7-10,13H2,1-3H3. The third-order valence-electron chi connectivity index (χ3n) is 6.58. The summed E-state index contributed by atoms with van der Waals surface area (Å²) in [6, 6.07) is 8.07. The SMILES string of the molecule is CC(C)n1nc(-c2cccc(OC(F)F)c2)c2ncc(C(=O)CC3(C(C)O)CCOCC3)cc21. The average molecular weight is 474 g/mol. The first-order chi connectivity index (χ1) is 16.2. The van der Waals surface area contributed by atoms with Crippen LogP contribution < -0.4 is 4.74 Å². The van der Waals surface area contributed by atoms with Gasteiger partial charge in [0, 0.05) is 48.4 Å². The molecule has 1 unspecified atom stereocenters. The summed E-state index contributed by atoms with van der Waals surface area (Å²) in [5.41, 5.74) is 2.28. The molecule has 3 heterocycles. The predicted molar refractivity (Wildman–Crippen MR) is 123 cm³/mol. The number of alkyl halides is 2. The maximum atomic E-state index is 13.3. The lowest BCUT2D eigenvalue weighted by molar-refractivity contribution is -0.0542. The number of carbonyl (C=O) groups excluding carboxylic acids is 1. The van der Waals surface area contributed by atoms with E-state index in [0.717, 1.165) is 0 Å². The van der Waals surface area contributed by atoms with Gasteiger partial charge in [-0.2, -0.15) is 13.9 Å². The van der Waals surface area contributed by atoms with E-state index in [1.54, 1.807) is 29.8 Å². The first-order valence-corrected chi connectivity index (χ1v) is 11.4. The molecule has 1 aliphatic rings. The second-order valence-corrected chi connectivity index (χ2v) is 9.14. The van der Waals surface area contributed by atoms with E-state index in [-0.39, 0.29) is 24.0 Å². The molecular weight excluding hydrogens is 444 g/mol. The van der Waals surface area contributed by atoms with E-state index in [1.165, 1.54) is 18.3 Å². The summed E-state index contributed by atoms with van der Waals surface area (Å²) < 4.78 is 37.1. The highest BCUT2D eigenvalue weighted by molar-refractivity contribution is 6.00. The van der Waals surface area contributed by atoms with E-state index in [4.69, 9.17) is 4.74 Å². The Hall–Kier alpha value is -2.91. The molecule has 1 aromatic carbocycles. The average Bonchev–Trinajstić information content (AvgIpc) is 3.18. The number of carbonyl (C=O) groups is 1. The fraction of sp³-hybridized carbons (Fsp3) is 0.480. The Morgan fingerprint density at radius 1 is 1.24 bits per heavy atom. The van der Waals surface area contributed by atoms with Crippen molar-refractivity contribution in [2.45, 2.75) is 58.8 Å². The zero-order valence-electron chi connectivity index (χ0n) is 19.5. The Morgan fingerprint density at radius 3 is 2.62 bits per heavy atom. The number of rotatable bonds is 8. The summed E-state index contributed by atoms with van der Waals surface area (Å²) in [7, 11) is 0. The van der Waals surface area contributed by atoms with Gasteiger partial charge in [0.05, 0.1) is 11.6 Å². The molecule has 1 N–H and O–H groups in total. The molecule has 34 heavy (non-hydrogen) atoms. The van der Waals surface area contributed by atoms with Crippen molar-refractivity contribution < 1.29 is 28.2 Å². The van der Waals surface area contributed by atoms with Crippen LogP contribution in [0.1, 0.15) is 56.4 Å². The van der Waals surface area contributed by atoms with Crippen molar-refractivity contribution in [1.29, 1.82) is 0 Å². The fourth-order valence-corrected chi connectivity index (χ4v) is 4.52. The van der Waals surface area contributed by atoms with Crippen molar-refractivity contribution in [2.24, 2.45) is 5.41 Å². The number of Topliss-reactive ketones (excluding diaryl/α,β-unsaturated/α-hetero) is 1. The Labute approximate surface area is 196 Å². The number of ketones is 1. The van der Waals surface area contributed by atoms with Crippen LogP contribution in [0.25, 0.3) is 22.3 Å². The van der Waals surface area contributed by atoms with Gasteiger partial charge < -0.3 is 14.6 Å². The first kappa shape index (κ1) is 24.2. The van der Waals surface area contributed by atoms with Crippen LogP contribution in [0.4, 0.5) is 8.78 Å². The second-order valence-electron chi connectivity index (χ2n) is 9.14. The monoisotopic (exact) mass is 473 g/mol. The van der Waals surface area contributed by atoms with Crippen molar-refractivity contribution >= 4 is 16.8 Å². The Bertz CT molecular complexity index is 1170. The number of fused-ring (bicyclic) bond motifs is 1. The first-order valence-electron chi connectivity index (χ1n) is 11.4. The zero-order chi connectivity index (χ0) is 24.5. The van der Waals surface area contributed by atoms with Crippen LogP contribution in [0.3, 0.4) is 0 Å². The molecule has 3 aromatic rings. The molecule has 0 radical (unpaired) electrons. The van der Waals surface area contributed by atoms with Gasteiger partial charge >= 0.3 is 6.61 Å². The van der Waals surface area contributed by atoms with Crippen molar-refractivity contribution in [2.75, 3.05) is 13.2 Å². The molecule has 0 aliphatic carbocycles. The van der Waals surface area contributed by atoms with Crippen LogP contribution in [0.15, 0.2) is 36.5 Å². The summed E-state index contributed by atoms with van der Waals surface area (Å²) in [4.78, 5) is 17.8. The summed E-state index contributed by atoms with van der Waals surface area (Å²) in [6.45, 7) is 3.77. The summed E-state index contributed by atoms with van der Waals surface area (Å²) in [6.07, 6.45) is 2.34. The highest BCUT2D eigenvalue weighted by atomic mass is 19.3. The van der Waals surface area contributed by atoms with Gasteiger partial charge in [-0.15, -0.1) is 0 Å². The van der Waals surface area contributed by atoms with E-state index in [1.807, 2.05) is 13.8 Å². The van der Waals surface area contributed by atoms with Crippen LogP contribution in [-0.2, 0) is 4.74 Å².